The molecule has 0 aliphatic carbocycles. The summed E-state index contributed by atoms with van der Waals surface area (Å²) >= 11 is 0. The van der Waals surface area contributed by atoms with Gasteiger partial charge in [0.2, 0.25) is 5.78 Å². The molecule has 0 radical (unpaired) electrons. The number of aryl methyl sites for hydroxylation is 1. The monoisotopic (exact) mass is 430 g/mol. The van der Waals surface area contributed by atoms with Crippen LogP contribution in [0.2, 0.25) is 0 Å². The van der Waals surface area contributed by atoms with Gasteiger partial charge in [-0.3, -0.25) is 4.79 Å². The lowest BCUT2D eigenvalue weighted by Gasteiger charge is -2.14. The van der Waals surface area contributed by atoms with Gasteiger partial charge in [0.1, 0.15) is 11.5 Å². The molecular formula is C26H22O6. The van der Waals surface area contributed by atoms with Crippen LogP contribution in [0, 0.1) is 6.92 Å². The van der Waals surface area contributed by atoms with E-state index in [0.717, 1.165) is 5.56 Å². The summed E-state index contributed by atoms with van der Waals surface area (Å²) in [7, 11) is 1.55. The van der Waals surface area contributed by atoms with Crippen molar-refractivity contribution in [3.05, 3.63) is 88.7 Å². The molecule has 3 aromatic carbocycles. The standard InChI is InChI=1S/C26H22O6/c1-4-30-21-11-7-9-17(25(21)32-26(28)19-10-6-5-8-16(19)2)14-23-24(27)20-13-12-18(29-3)15-22(20)31-23/h5-15H,4H2,1-3H3/b23-14-. The Morgan fingerprint density at radius 2 is 1.88 bits per heavy atom. The molecule has 0 N–H and O–H groups in total. The number of carbonyl (C=O) groups excluding carboxylic acids is 2. The number of para-hydroxylation sites is 1. The predicted octanol–water partition coefficient (Wildman–Crippen LogP) is 5.24. The zero-order valence-corrected chi connectivity index (χ0v) is 18.0. The third-order valence-corrected chi connectivity index (χ3v) is 5.03. The summed E-state index contributed by atoms with van der Waals surface area (Å²) in [6, 6.07) is 17.4. The molecule has 0 saturated heterocycles. The van der Waals surface area contributed by atoms with Crippen LogP contribution < -0.4 is 18.9 Å². The first-order valence-corrected chi connectivity index (χ1v) is 10.2. The van der Waals surface area contributed by atoms with Gasteiger partial charge in [0.15, 0.2) is 17.3 Å². The molecule has 0 unspecified atom stereocenters. The molecule has 1 aliphatic heterocycles. The molecule has 3 aromatic rings. The van der Waals surface area contributed by atoms with Crippen LogP contribution in [0.3, 0.4) is 0 Å². The number of rotatable bonds is 6. The number of hydrogen-bond donors (Lipinski definition) is 0. The predicted molar refractivity (Wildman–Crippen MR) is 120 cm³/mol. The largest absolute Gasteiger partial charge is 0.497 e. The van der Waals surface area contributed by atoms with Crippen molar-refractivity contribution in [2.24, 2.45) is 0 Å². The van der Waals surface area contributed by atoms with E-state index in [4.69, 9.17) is 18.9 Å². The van der Waals surface area contributed by atoms with Crippen LogP contribution in [-0.4, -0.2) is 25.5 Å². The van der Waals surface area contributed by atoms with Crippen molar-refractivity contribution in [1.29, 1.82) is 0 Å². The third kappa shape index (κ3) is 4.07. The highest BCUT2D eigenvalue weighted by Crippen LogP contribution is 2.38. The van der Waals surface area contributed by atoms with Crippen molar-refractivity contribution < 1.29 is 28.5 Å². The lowest BCUT2D eigenvalue weighted by Crippen LogP contribution is -2.12. The van der Waals surface area contributed by atoms with Gasteiger partial charge in [-0.1, -0.05) is 30.3 Å². The van der Waals surface area contributed by atoms with E-state index in [0.29, 0.717) is 40.5 Å². The van der Waals surface area contributed by atoms with E-state index in [1.165, 1.54) is 0 Å². The van der Waals surface area contributed by atoms with Gasteiger partial charge in [0.05, 0.1) is 24.8 Å². The number of hydrogen-bond acceptors (Lipinski definition) is 6. The van der Waals surface area contributed by atoms with Gasteiger partial charge in [-0.05, 0) is 49.8 Å². The summed E-state index contributed by atoms with van der Waals surface area (Å²) in [5, 5.41) is 0. The molecular weight excluding hydrogens is 408 g/mol. The molecule has 32 heavy (non-hydrogen) atoms. The quantitative estimate of drug-likeness (QED) is 0.303. The Morgan fingerprint density at radius 3 is 2.62 bits per heavy atom. The van der Waals surface area contributed by atoms with E-state index in [-0.39, 0.29) is 17.3 Å². The van der Waals surface area contributed by atoms with Gasteiger partial charge in [0, 0.05) is 11.6 Å². The van der Waals surface area contributed by atoms with Crippen LogP contribution in [0.4, 0.5) is 0 Å². The normalized spacial score (nSPS) is 13.5. The molecule has 0 fully saturated rings. The molecule has 4 rings (SSSR count). The summed E-state index contributed by atoms with van der Waals surface area (Å²) < 4.78 is 22.4. The second-order valence-corrected chi connectivity index (χ2v) is 7.11. The maximum Gasteiger partial charge on any atom is 0.343 e. The molecule has 6 nitrogen and oxygen atoms in total. The van der Waals surface area contributed by atoms with Crippen LogP contribution in [0.1, 0.15) is 38.8 Å². The van der Waals surface area contributed by atoms with Crippen LogP contribution in [0.15, 0.2) is 66.4 Å². The highest BCUT2D eigenvalue weighted by atomic mass is 16.6. The fraction of sp³-hybridized carbons (Fsp3) is 0.154. The topological polar surface area (TPSA) is 71.1 Å². The first kappa shape index (κ1) is 21.2. The molecule has 6 heteroatoms. The van der Waals surface area contributed by atoms with Crippen molar-refractivity contribution in [2.45, 2.75) is 13.8 Å². The number of fused-ring (bicyclic) bond motifs is 1. The average molecular weight is 430 g/mol. The van der Waals surface area contributed by atoms with E-state index >= 15 is 0 Å². The SMILES string of the molecule is CCOc1cccc(/C=C2\Oc3cc(OC)ccc3C2=O)c1OC(=O)c1ccccc1C. The van der Waals surface area contributed by atoms with E-state index in [2.05, 4.69) is 0 Å². The van der Waals surface area contributed by atoms with Crippen molar-refractivity contribution >= 4 is 17.8 Å². The number of carbonyl (C=O) groups is 2. The van der Waals surface area contributed by atoms with Gasteiger partial charge in [-0.25, -0.2) is 4.79 Å². The Bertz CT molecular complexity index is 1220. The first-order valence-electron chi connectivity index (χ1n) is 10.2. The van der Waals surface area contributed by atoms with Crippen LogP contribution in [-0.2, 0) is 0 Å². The summed E-state index contributed by atoms with van der Waals surface area (Å²) in [6.07, 6.45) is 1.55. The van der Waals surface area contributed by atoms with Gasteiger partial charge < -0.3 is 18.9 Å². The number of ketones is 1. The Kier molecular flexibility index (Phi) is 5.94. The molecule has 1 aliphatic rings. The number of methoxy groups -OCH3 is 1. The number of ether oxygens (including phenoxy) is 4. The highest BCUT2D eigenvalue weighted by Gasteiger charge is 2.28. The van der Waals surface area contributed by atoms with Crippen molar-refractivity contribution in [2.75, 3.05) is 13.7 Å². The maximum absolute atomic E-state index is 12.9. The Balaban J connectivity index is 1.72. The van der Waals surface area contributed by atoms with Gasteiger partial charge in [0.25, 0.3) is 0 Å². The highest BCUT2D eigenvalue weighted by molar-refractivity contribution is 6.14. The average Bonchev–Trinajstić information content (AvgIpc) is 3.10. The third-order valence-electron chi connectivity index (χ3n) is 5.03. The Morgan fingerprint density at radius 1 is 1.06 bits per heavy atom. The Hall–Kier alpha value is -4.06. The minimum atomic E-state index is -0.512. The molecule has 0 spiro atoms. The van der Waals surface area contributed by atoms with Gasteiger partial charge >= 0.3 is 5.97 Å². The van der Waals surface area contributed by atoms with Gasteiger partial charge in [-0.2, -0.15) is 0 Å². The lowest BCUT2D eigenvalue weighted by molar-refractivity contribution is 0.0727. The van der Waals surface area contributed by atoms with Crippen LogP contribution >= 0.6 is 0 Å². The fourth-order valence-corrected chi connectivity index (χ4v) is 3.41. The second-order valence-electron chi connectivity index (χ2n) is 7.11. The zero-order chi connectivity index (χ0) is 22.7. The summed E-state index contributed by atoms with van der Waals surface area (Å²) in [4.78, 5) is 25.7. The van der Waals surface area contributed by atoms with Crippen molar-refractivity contribution in [1.82, 2.24) is 0 Å². The molecule has 0 atom stereocenters. The van der Waals surface area contributed by atoms with E-state index < -0.39 is 5.97 Å². The minimum Gasteiger partial charge on any atom is -0.497 e. The van der Waals surface area contributed by atoms with Crippen molar-refractivity contribution in [3.8, 4) is 23.0 Å². The van der Waals surface area contributed by atoms with E-state index in [1.807, 2.05) is 26.0 Å². The van der Waals surface area contributed by atoms with E-state index in [9.17, 15) is 9.59 Å². The van der Waals surface area contributed by atoms with Gasteiger partial charge in [-0.15, -0.1) is 0 Å². The van der Waals surface area contributed by atoms with Crippen molar-refractivity contribution in [3.63, 3.8) is 0 Å². The summed E-state index contributed by atoms with van der Waals surface area (Å²) in [5.41, 5.74) is 2.17. The molecule has 0 bridgehead atoms. The van der Waals surface area contributed by atoms with Crippen LogP contribution in [0.5, 0.6) is 23.0 Å². The zero-order valence-electron chi connectivity index (χ0n) is 18.0. The minimum absolute atomic E-state index is 0.120. The van der Waals surface area contributed by atoms with Crippen LogP contribution in [0.25, 0.3) is 6.08 Å². The fourth-order valence-electron chi connectivity index (χ4n) is 3.41. The molecule has 0 amide bonds. The smallest absolute Gasteiger partial charge is 0.343 e. The molecule has 0 aromatic heterocycles. The molecule has 0 saturated carbocycles. The maximum atomic E-state index is 12.9. The number of esters is 1. The Labute approximate surface area is 186 Å². The lowest BCUT2D eigenvalue weighted by atomic mass is 10.1. The first-order chi connectivity index (χ1) is 15.5. The van der Waals surface area contributed by atoms with E-state index in [1.54, 1.807) is 61.7 Å². The summed E-state index contributed by atoms with van der Waals surface area (Å²) in [6.45, 7) is 4.06. The molecule has 1 heterocycles. The number of benzene rings is 3. The number of Topliss-reactive ketones (excluding diaryl/α,β-unsaturated/α-hetero) is 1. The summed E-state index contributed by atoms with van der Waals surface area (Å²) in [5.74, 6) is 0.967. The molecule has 162 valence electrons. The number of allylic oxidation sites excluding steroid dienone is 1. The second kappa shape index (κ2) is 8.98.